The summed E-state index contributed by atoms with van der Waals surface area (Å²) in [5, 5.41) is 14.8. The van der Waals surface area contributed by atoms with Gasteiger partial charge in [-0.1, -0.05) is 0 Å². The lowest BCUT2D eigenvalue weighted by Crippen LogP contribution is -2.48. The number of carboxylic acid groups (broad SMARTS) is 1. The second-order valence-corrected chi connectivity index (χ2v) is 6.98. The number of benzene rings is 1. The Bertz CT molecular complexity index is 691. The van der Waals surface area contributed by atoms with E-state index in [0.717, 1.165) is 19.5 Å². The predicted octanol–water partition coefficient (Wildman–Crippen LogP) is 0.603. The molecule has 0 spiro atoms. The second kappa shape index (κ2) is 7.74. The first-order valence-electron chi connectivity index (χ1n) is 8.80. The van der Waals surface area contributed by atoms with Crippen LogP contribution >= 0.6 is 0 Å². The molecule has 3 rings (SSSR count). The normalized spacial score (nSPS) is 23.0. The van der Waals surface area contributed by atoms with Gasteiger partial charge in [0.25, 0.3) is 5.91 Å². The molecule has 3 N–H and O–H groups in total. The topological polar surface area (TPSA) is 102 Å². The third kappa shape index (κ3) is 4.32. The number of nitrogens with one attached hydrogen (secondary N) is 2. The Hall–Kier alpha value is -2.61. The molecule has 2 fully saturated rings. The number of hydrogen-bond donors (Lipinski definition) is 3. The van der Waals surface area contributed by atoms with Crippen molar-refractivity contribution in [3.8, 4) is 0 Å². The molecule has 2 heterocycles. The number of likely N-dealkylation sites (N-methyl/N-ethyl adjacent to an activating group) is 1. The molecular formula is C18H24N4O4. The van der Waals surface area contributed by atoms with E-state index in [9.17, 15) is 14.4 Å². The second-order valence-electron chi connectivity index (χ2n) is 6.98. The first kappa shape index (κ1) is 18.2. The highest BCUT2D eigenvalue weighted by atomic mass is 16.4. The molecule has 140 valence electrons. The summed E-state index contributed by atoms with van der Waals surface area (Å²) >= 11 is 0. The van der Waals surface area contributed by atoms with Gasteiger partial charge in [-0.05, 0) is 50.7 Å². The molecule has 0 saturated carbocycles. The maximum Gasteiger partial charge on any atom is 0.335 e. The molecular weight excluding hydrogens is 336 g/mol. The molecule has 8 heteroatoms. The number of aromatic carboxylic acids is 1. The average Bonchev–Trinajstić information content (AvgIpc) is 3.23. The maximum atomic E-state index is 12.5. The molecule has 26 heavy (non-hydrogen) atoms. The van der Waals surface area contributed by atoms with Crippen LogP contribution in [0, 0.1) is 0 Å². The minimum Gasteiger partial charge on any atom is -0.478 e. The van der Waals surface area contributed by atoms with Gasteiger partial charge in [-0.25, -0.2) is 9.59 Å². The SMILES string of the molecule is CN1CCC(NC(=O)NC2CCN(C(=O)c3ccc(C(=O)O)cc3)C2)C1. The van der Waals surface area contributed by atoms with Crippen LogP contribution in [0.3, 0.4) is 0 Å². The number of likely N-dealkylation sites (tertiary alicyclic amines) is 2. The third-order valence-corrected chi connectivity index (χ3v) is 4.92. The van der Waals surface area contributed by atoms with Crippen LogP contribution in [-0.4, -0.2) is 78.1 Å². The molecule has 2 saturated heterocycles. The highest BCUT2D eigenvalue weighted by Gasteiger charge is 2.29. The molecule has 3 amide bonds. The molecule has 0 radical (unpaired) electrons. The van der Waals surface area contributed by atoms with Crippen molar-refractivity contribution in [2.75, 3.05) is 33.2 Å². The average molecular weight is 360 g/mol. The van der Waals surface area contributed by atoms with Gasteiger partial charge >= 0.3 is 12.0 Å². The summed E-state index contributed by atoms with van der Waals surface area (Å²) in [6.45, 7) is 2.86. The molecule has 1 aromatic carbocycles. The minimum absolute atomic E-state index is 0.0728. The van der Waals surface area contributed by atoms with Crippen LogP contribution in [0.25, 0.3) is 0 Å². The van der Waals surface area contributed by atoms with Crippen LogP contribution < -0.4 is 10.6 Å². The van der Waals surface area contributed by atoms with Gasteiger partial charge in [-0.3, -0.25) is 4.79 Å². The van der Waals surface area contributed by atoms with E-state index in [2.05, 4.69) is 15.5 Å². The number of nitrogens with zero attached hydrogens (tertiary/aromatic N) is 2. The summed E-state index contributed by atoms with van der Waals surface area (Å²) in [6, 6.07) is 5.81. The lowest BCUT2D eigenvalue weighted by atomic mass is 10.1. The van der Waals surface area contributed by atoms with Crippen LogP contribution in [0.2, 0.25) is 0 Å². The Kier molecular flexibility index (Phi) is 5.41. The van der Waals surface area contributed by atoms with E-state index < -0.39 is 5.97 Å². The molecule has 1 aromatic rings. The summed E-state index contributed by atoms with van der Waals surface area (Å²) in [4.78, 5) is 39.4. The summed E-state index contributed by atoms with van der Waals surface area (Å²) in [5.74, 6) is -1.17. The van der Waals surface area contributed by atoms with Gasteiger partial charge in [0.1, 0.15) is 0 Å². The molecule has 2 atom stereocenters. The number of carbonyl (C=O) groups excluding carboxylic acids is 2. The molecule has 0 bridgehead atoms. The molecule has 0 aliphatic carbocycles. The van der Waals surface area contributed by atoms with Crippen LogP contribution in [-0.2, 0) is 0 Å². The zero-order valence-corrected chi connectivity index (χ0v) is 14.8. The Morgan fingerprint density at radius 1 is 0.962 bits per heavy atom. The van der Waals surface area contributed by atoms with Crippen molar-refractivity contribution in [1.82, 2.24) is 20.4 Å². The van der Waals surface area contributed by atoms with Crippen molar-refractivity contribution in [3.05, 3.63) is 35.4 Å². The van der Waals surface area contributed by atoms with Crippen LogP contribution in [0.1, 0.15) is 33.6 Å². The van der Waals surface area contributed by atoms with Crippen LogP contribution in [0.15, 0.2) is 24.3 Å². The van der Waals surface area contributed by atoms with Gasteiger partial charge in [-0.15, -0.1) is 0 Å². The number of carbonyl (C=O) groups is 3. The Morgan fingerprint density at radius 2 is 1.54 bits per heavy atom. The molecule has 2 aliphatic heterocycles. The third-order valence-electron chi connectivity index (χ3n) is 4.92. The van der Waals surface area contributed by atoms with E-state index in [1.54, 1.807) is 4.90 Å². The molecule has 8 nitrogen and oxygen atoms in total. The zero-order chi connectivity index (χ0) is 18.7. The van der Waals surface area contributed by atoms with Crippen molar-refractivity contribution in [2.24, 2.45) is 0 Å². The Labute approximate surface area is 152 Å². The largest absolute Gasteiger partial charge is 0.478 e. The van der Waals surface area contributed by atoms with Gasteiger partial charge in [-0.2, -0.15) is 0 Å². The Balaban J connectivity index is 1.49. The summed E-state index contributed by atoms with van der Waals surface area (Å²) in [7, 11) is 2.03. The summed E-state index contributed by atoms with van der Waals surface area (Å²) in [6.07, 6.45) is 1.66. The number of carboxylic acids is 1. The highest BCUT2D eigenvalue weighted by Crippen LogP contribution is 2.15. The molecule has 2 aliphatic rings. The van der Waals surface area contributed by atoms with Crippen LogP contribution in [0.4, 0.5) is 4.79 Å². The number of urea groups is 1. The van der Waals surface area contributed by atoms with Gasteiger partial charge < -0.3 is 25.5 Å². The molecule has 0 aromatic heterocycles. The quantitative estimate of drug-likeness (QED) is 0.730. The summed E-state index contributed by atoms with van der Waals surface area (Å²) in [5.41, 5.74) is 0.603. The first-order chi connectivity index (χ1) is 12.4. The van der Waals surface area contributed by atoms with E-state index >= 15 is 0 Å². The maximum absolute atomic E-state index is 12.5. The van der Waals surface area contributed by atoms with E-state index in [0.29, 0.717) is 25.1 Å². The lowest BCUT2D eigenvalue weighted by Gasteiger charge is -2.19. The van der Waals surface area contributed by atoms with Crippen molar-refractivity contribution in [3.63, 3.8) is 0 Å². The monoisotopic (exact) mass is 360 g/mol. The van der Waals surface area contributed by atoms with Crippen molar-refractivity contribution >= 4 is 17.9 Å². The highest BCUT2D eigenvalue weighted by molar-refractivity contribution is 5.96. The van der Waals surface area contributed by atoms with Gasteiger partial charge in [0.05, 0.1) is 5.56 Å². The molecule has 2 unspecified atom stereocenters. The van der Waals surface area contributed by atoms with E-state index in [1.165, 1.54) is 24.3 Å². The number of hydrogen-bond acceptors (Lipinski definition) is 4. The van der Waals surface area contributed by atoms with E-state index in [4.69, 9.17) is 5.11 Å². The number of amides is 3. The summed E-state index contributed by atoms with van der Waals surface area (Å²) < 4.78 is 0. The smallest absolute Gasteiger partial charge is 0.335 e. The van der Waals surface area contributed by atoms with Crippen molar-refractivity contribution in [1.29, 1.82) is 0 Å². The van der Waals surface area contributed by atoms with Gasteiger partial charge in [0.15, 0.2) is 0 Å². The minimum atomic E-state index is -1.02. The fraction of sp³-hybridized carbons (Fsp3) is 0.500. The Morgan fingerprint density at radius 3 is 2.12 bits per heavy atom. The zero-order valence-electron chi connectivity index (χ0n) is 14.8. The fourth-order valence-electron chi connectivity index (χ4n) is 3.47. The van der Waals surface area contributed by atoms with E-state index in [-0.39, 0.29) is 29.6 Å². The fourth-order valence-corrected chi connectivity index (χ4v) is 3.47. The van der Waals surface area contributed by atoms with Gasteiger partial charge in [0.2, 0.25) is 0 Å². The van der Waals surface area contributed by atoms with Crippen molar-refractivity contribution in [2.45, 2.75) is 24.9 Å². The standard InChI is InChI=1S/C18H24N4O4/c1-21-8-6-14(10-21)19-18(26)20-15-7-9-22(11-15)16(23)12-2-4-13(5-3-12)17(24)25/h2-5,14-15H,6-11H2,1H3,(H,24,25)(H2,19,20,26). The lowest BCUT2D eigenvalue weighted by molar-refractivity contribution is 0.0695. The predicted molar refractivity (Wildman–Crippen MR) is 95.3 cm³/mol. The van der Waals surface area contributed by atoms with Crippen LogP contribution in [0.5, 0.6) is 0 Å². The first-order valence-corrected chi connectivity index (χ1v) is 8.80. The number of rotatable bonds is 4. The van der Waals surface area contributed by atoms with Gasteiger partial charge in [0, 0.05) is 37.3 Å². The van der Waals surface area contributed by atoms with Crippen molar-refractivity contribution < 1.29 is 19.5 Å². The van der Waals surface area contributed by atoms with E-state index in [1.807, 2.05) is 7.05 Å².